The number of rotatable bonds is 9. The van der Waals surface area contributed by atoms with Gasteiger partial charge in [-0.05, 0) is 126 Å². The Morgan fingerprint density at radius 2 is 1.16 bits per heavy atom. The zero-order valence-corrected chi connectivity index (χ0v) is 22.2. The van der Waals surface area contributed by atoms with Crippen LogP contribution in [0.2, 0.25) is 0 Å². The van der Waals surface area contributed by atoms with Gasteiger partial charge in [-0.25, -0.2) is 0 Å². The maximum Gasteiger partial charge on any atom is -0.0125 e. The highest BCUT2D eigenvalue weighted by molar-refractivity contribution is 7.65. The fourth-order valence-corrected chi connectivity index (χ4v) is 6.99. The van der Waals surface area contributed by atoms with Crippen LogP contribution in [0.5, 0.6) is 0 Å². The molecule has 32 heavy (non-hydrogen) atoms. The van der Waals surface area contributed by atoms with Crippen molar-refractivity contribution in [2.24, 2.45) is 0 Å². The van der Waals surface area contributed by atoms with E-state index in [0.29, 0.717) is 0 Å². The Kier molecular flexibility index (Phi) is 8.72. The molecule has 0 spiro atoms. The van der Waals surface area contributed by atoms with Gasteiger partial charge in [-0.15, -0.1) is 0 Å². The molecule has 0 fully saturated rings. The van der Waals surface area contributed by atoms with Crippen molar-refractivity contribution in [2.75, 3.05) is 12.3 Å². The number of hydrogen-bond donors (Lipinski definition) is 0. The highest BCUT2D eigenvalue weighted by Gasteiger charge is 2.16. The zero-order chi connectivity index (χ0) is 23.3. The molecule has 0 radical (unpaired) electrons. The molecule has 3 rings (SSSR count). The summed E-state index contributed by atoms with van der Waals surface area (Å²) in [6, 6.07) is 19.0. The largest absolute Gasteiger partial charge is 0.0758 e. The summed E-state index contributed by atoms with van der Waals surface area (Å²) in [6.07, 6.45) is 7.57. The minimum absolute atomic E-state index is 0.119. The summed E-state index contributed by atoms with van der Waals surface area (Å²) in [5.41, 5.74) is 12.7. The highest BCUT2D eigenvalue weighted by Crippen LogP contribution is 2.39. The monoisotopic (exact) mass is 444 g/mol. The summed E-state index contributed by atoms with van der Waals surface area (Å²) in [7, 11) is -0.119. The molecule has 3 aromatic rings. The van der Waals surface area contributed by atoms with Crippen molar-refractivity contribution in [1.82, 2.24) is 0 Å². The van der Waals surface area contributed by atoms with Gasteiger partial charge in [0.05, 0.1) is 0 Å². The molecule has 0 atom stereocenters. The van der Waals surface area contributed by atoms with E-state index in [2.05, 4.69) is 97.0 Å². The van der Waals surface area contributed by atoms with Crippen molar-refractivity contribution in [3.05, 3.63) is 76.3 Å². The van der Waals surface area contributed by atoms with E-state index in [4.69, 9.17) is 0 Å². The summed E-state index contributed by atoms with van der Waals surface area (Å²) in [5.74, 6) is 0. The zero-order valence-electron chi connectivity index (χ0n) is 21.3. The third-order valence-electron chi connectivity index (χ3n) is 6.77. The maximum atomic E-state index is 2.50. The predicted molar refractivity (Wildman–Crippen MR) is 147 cm³/mol. The van der Waals surface area contributed by atoms with Crippen LogP contribution in [0.25, 0.3) is 22.3 Å². The Morgan fingerprint density at radius 3 is 1.66 bits per heavy atom. The lowest BCUT2D eigenvalue weighted by Gasteiger charge is -2.21. The quantitative estimate of drug-likeness (QED) is 0.228. The molecular weight excluding hydrogens is 403 g/mol. The van der Waals surface area contributed by atoms with Gasteiger partial charge in [0.15, 0.2) is 0 Å². The van der Waals surface area contributed by atoms with Gasteiger partial charge in [0.1, 0.15) is 0 Å². The maximum absolute atomic E-state index is 2.50. The molecule has 1 heteroatoms. The van der Waals surface area contributed by atoms with Crippen LogP contribution in [0.15, 0.2) is 48.5 Å². The first-order valence-corrected chi connectivity index (χ1v) is 14.2. The van der Waals surface area contributed by atoms with Crippen LogP contribution in [-0.2, 0) is 6.42 Å². The first-order chi connectivity index (χ1) is 15.4. The van der Waals surface area contributed by atoms with Crippen molar-refractivity contribution in [2.45, 2.75) is 74.1 Å². The van der Waals surface area contributed by atoms with Crippen molar-refractivity contribution in [3.63, 3.8) is 0 Å². The molecule has 0 nitrogen and oxygen atoms in total. The number of hydrogen-bond acceptors (Lipinski definition) is 0. The van der Waals surface area contributed by atoms with Crippen molar-refractivity contribution in [3.8, 4) is 22.3 Å². The topological polar surface area (TPSA) is 0 Å². The van der Waals surface area contributed by atoms with E-state index < -0.39 is 0 Å². The molecule has 0 aliphatic carbocycles. The van der Waals surface area contributed by atoms with E-state index in [1.807, 2.05) is 0 Å². The minimum atomic E-state index is -0.119. The van der Waals surface area contributed by atoms with E-state index in [9.17, 15) is 0 Å². The number of benzene rings is 3. The van der Waals surface area contributed by atoms with Gasteiger partial charge in [0, 0.05) is 0 Å². The predicted octanol–water partition coefficient (Wildman–Crippen LogP) is 9.13. The Hall–Kier alpha value is -1.91. The Balaban J connectivity index is 2.17. The third kappa shape index (κ3) is 5.52. The third-order valence-corrected chi connectivity index (χ3v) is 9.28. The molecule has 170 valence electrons. The Bertz CT molecular complexity index is 1010. The fraction of sp³-hybridized carbons (Fsp3) is 0.419. The molecule has 0 N–H and O–H groups in total. The Morgan fingerprint density at radius 1 is 0.625 bits per heavy atom. The molecule has 0 saturated heterocycles. The van der Waals surface area contributed by atoms with Crippen LogP contribution in [0.4, 0.5) is 0 Å². The average Bonchev–Trinajstić information content (AvgIpc) is 2.74. The number of unbranched alkanes of at least 4 members (excludes halogenated alkanes) is 2. The van der Waals surface area contributed by atoms with Gasteiger partial charge in [-0.2, -0.15) is 0 Å². The van der Waals surface area contributed by atoms with E-state index in [-0.39, 0.29) is 7.92 Å². The molecule has 0 aliphatic heterocycles. The summed E-state index contributed by atoms with van der Waals surface area (Å²) >= 11 is 0. The first-order valence-electron chi connectivity index (χ1n) is 12.5. The normalized spacial score (nSPS) is 11.4. The molecule has 3 aromatic carbocycles. The number of aryl methyl sites for hydroxylation is 5. The fourth-order valence-electron chi connectivity index (χ4n) is 5.17. The first kappa shape index (κ1) is 24.7. The van der Waals surface area contributed by atoms with Gasteiger partial charge < -0.3 is 0 Å². The van der Waals surface area contributed by atoms with Crippen molar-refractivity contribution < 1.29 is 0 Å². The lowest BCUT2D eigenvalue weighted by Crippen LogP contribution is -2.07. The van der Waals surface area contributed by atoms with E-state index in [1.165, 1.54) is 88.1 Å². The van der Waals surface area contributed by atoms with Crippen LogP contribution in [0, 0.1) is 27.7 Å². The van der Waals surface area contributed by atoms with Crippen LogP contribution in [0.3, 0.4) is 0 Å². The average molecular weight is 445 g/mol. The van der Waals surface area contributed by atoms with Crippen molar-refractivity contribution in [1.29, 1.82) is 0 Å². The molecule has 0 bridgehead atoms. The van der Waals surface area contributed by atoms with E-state index in [1.54, 1.807) is 5.30 Å². The van der Waals surface area contributed by atoms with Crippen LogP contribution < -0.4 is 5.30 Å². The smallest absolute Gasteiger partial charge is 0.0125 e. The SMILES string of the molecule is CCCCCc1cc(C)c(-c2cc(-c3c(C)cccc3C)cc(P(CC)CC)c2)c(C)c1. The van der Waals surface area contributed by atoms with Crippen LogP contribution in [0.1, 0.15) is 67.9 Å². The van der Waals surface area contributed by atoms with Gasteiger partial charge in [-0.3, -0.25) is 0 Å². The lowest BCUT2D eigenvalue weighted by atomic mass is 9.89. The molecule has 0 heterocycles. The summed E-state index contributed by atoms with van der Waals surface area (Å²) < 4.78 is 0. The van der Waals surface area contributed by atoms with Gasteiger partial charge in [-0.1, -0.05) is 71.9 Å². The molecule has 0 unspecified atom stereocenters. The molecule has 0 amide bonds. The van der Waals surface area contributed by atoms with Gasteiger partial charge >= 0.3 is 0 Å². The summed E-state index contributed by atoms with van der Waals surface area (Å²) in [4.78, 5) is 0. The molecule has 0 saturated carbocycles. The second-order valence-corrected chi connectivity index (χ2v) is 12.1. The van der Waals surface area contributed by atoms with E-state index in [0.717, 1.165) is 0 Å². The lowest BCUT2D eigenvalue weighted by molar-refractivity contribution is 0.717. The Labute approximate surface area is 198 Å². The van der Waals surface area contributed by atoms with E-state index >= 15 is 0 Å². The summed E-state index contributed by atoms with van der Waals surface area (Å²) in [5, 5.41) is 1.55. The van der Waals surface area contributed by atoms with Crippen LogP contribution in [-0.4, -0.2) is 12.3 Å². The van der Waals surface area contributed by atoms with Gasteiger partial charge in [0.2, 0.25) is 0 Å². The van der Waals surface area contributed by atoms with Crippen LogP contribution >= 0.6 is 7.92 Å². The standard InChI is InChI=1S/C31H41P/c1-8-11-12-16-26-17-24(6)31(25(7)18-26)28-19-27(20-29(21-28)32(9-2)10-3)30-22(4)14-13-15-23(30)5/h13-15,17-21H,8-12,16H2,1-7H3. The second-order valence-electron chi connectivity index (χ2n) is 9.27. The molecule has 0 aromatic heterocycles. The van der Waals surface area contributed by atoms with Gasteiger partial charge in [0.25, 0.3) is 0 Å². The summed E-state index contributed by atoms with van der Waals surface area (Å²) in [6.45, 7) is 16.1. The molecule has 0 aliphatic rings. The minimum Gasteiger partial charge on any atom is -0.0758 e. The second kappa shape index (κ2) is 11.3. The molecular formula is C31H41P. The van der Waals surface area contributed by atoms with Crippen molar-refractivity contribution >= 4 is 13.2 Å². The highest BCUT2D eigenvalue weighted by atomic mass is 31.1.